The van der Waals surface area contributed by atoms with Gasteiger partial charge in [0.05, 0.1) is 11.4 Å². The van der Waals surface area contributed by atoms with Gasteiger partial charge in [-0.3, -0.25) is 15.0 Å². The second-order valence-electron chi connectivity index (χ2n) is 4.16. The van der Waals surface area contributed by atoms with Gasteiger partial charge in [-0.1, -0.05) is 5.22 Å². The first-order valence-corrected chi connectivity index (χ1v) is 6.03. The summed E-state index contributed by atoms with van der Waals surface area (Å²) in [5.41, 5.74) is 15.0. The Labute approximate surface area is 120 Å². The minimum absolute atomic E-state index is 0.406. The van der Waals surface area contributed by atoms with Crippen LogP contribution in [-0.2, 0) is 0 Å². The van der Waals surface area contributed by atoms with Crippen LogP contribution >= 0.6 is 0 Å². The summed E-state index contributed by atoms with van der Waals surface area (Å²) in [7, 11) is 0. The van der Waals surface area contributed by atoms with Gasteiger partial charge in [-0.15, -0.1) is 5.11 Å². The molecule has 106 valence electrons. The van der Waals surface area contributed by atoms with Gasteiger partial charge in [0.2, 0.25) is 11.8 Å². The first-order chi connectivity index (χ1) is 10.1. The molecule has 0 atom stereocenters. The van der Waals surface area contributed by atoms with Crippen LogP contribution in [0.15, 0.2) is 58.9 Å². The largest absolute Gasteiger partial charge is 0.366 e. The maximum Gasteiger partial charge on any atom is 0.248 e. The van der Waals surface area contributed by atoms with E-state index in [9.17, 15) is 9.59 Å². The summed E-state index contributed by atoms with van der Waals surface area (Å²) in [6.45, 7) is 0. The second-order valence-corrected chi connectivity index (χ2v) is 4.16. The molecule has 0 unspecified atom stereocenters. The molecule has 2 aromatic rings. The van der Waals surface area contributed by atoms with Crippen molar-refractivity contribution in [1.29, 1.82) is 0 Å². The number of carbonyl (C=O) groups is 2. The van der Waals surface area contributed by atoms with Crippen molar-refractivity contribution in [3.8, 4) is 0 Å². The molecule has 0 aliphatic carbocycles. The zero-order chi connectivity index (χ0) is 15.2. The van der Waals surface area contributed by atoms with E-state index in [0.29, 0.717) is 22.5 Å². The van der Waals surface area contributed by atoms with Crippen molar-refractivity contribution in [3.05, 3.63) is 59.7 Å². The van der Waals surface area contributed by atoms with Gasteiger partial charge in [0.15, 0.2) is 0 Å². The minimum Gasteiger partial charge on any atom is -0.366 e. The molecule has 2 rings (SSSR count). The monoisotopic (exact) mass is 283 g/mol. The Bertz CT molecular complexity index is 678. The van der Waals surface area contributed by atoms with E-state index in [4.69, 9.17) is 11.5 Å². The van der Waals surface area contributed by atoms with Crippen LogP contribution in [0.25, 0.3) is 0 Å². The number of hydrogen-bond donors (Lipinski definition) is 3. The summed E-state index contributed by atoms with van der Waals surface area (Å²) >= 11 is 0. The predicted octanol–water partition coefficient (Wildman–Crippen LogP) is 2.00. The number of amides is 2. The Morgan fingerprint density at radius 2 is 1.29 bits per heavy atom. The van der Waals surface area contributed by atoms with Crippen LogP contribution in [0.3, 0.4) is 0 Å². The fourth-order valence-electron chi connectivity index (χ4n) is 1.54. The molecular formula is C14H13N5O2. The molecule has 0 radical (unpaired) electrons. The van der Waals surface area contributed by atoms with Crippen molar-refractivity contribution in [1.82, 2.24) is 0 Å². The molecule has 0 fully saturated rings. The minimum atomic E-state index is -0.494. The SMILES string of the molecule is NC(=O)c1ccc(N=NNc2ccc(C(N)=O)cc2)cc1. The number of anilines is 1. The van der Waals surface area contributed by atoms with E-state index in [2.05, 4.69) is 15.8 Å². The highest BCUT2D eigenvalue weighted by Crippen LogP contribution is 2.14. The normalized spacial score (nSPS) is 10.5. The zero-order valence-corrected chi connectivity index (χ0v) is 11.0. The summed E-state index contributed by atoms with van der Waals surface area (Å²) in [6, 6.07) is 12.9. The average molecular weight is 283 g/mol. The summed E-state index contributed by atoms with van der Waals surface area (Å²) in [5.74, 6) is -0.983. The quantitative estimate of drug-likeness (QED) is 0.574. The molecule has 7 nitrogen and oxygen atoms in total. The zero-order valence-electron chi connectivity index (χ0n) is 11.0. The van der Waals surface area contributed by atoms with E-state index in [1.54, 1.807) is 48.5 Å². The summed E-state index contributed by atoms with van der Waals surface area (Å²) in [6.07, 6.45) is 0. The highest BCUT2D eigenvalue weighted by molar-refractivity contribution is 5.93. The lowest BCUT2D eigenvalue weighted by molar-refractivity contribution is 0.0992. The van der Waals surface area contributed by atoms with Crippen LogP contribution < -0.4 is 16.9 Å². The van der Waals surface area contributed by atoms with Crippen LogP contribution in [-0.4, -0.2) is 11.8 Å². The standard InChI is InChI=1S/C14H13N5O2/c15-13(20)9-1-5-11(6-2-9)17-19-18-12-7-3-10(4-8-12)14(16)21/h1-8H,(H2,15,20)(H2,16,21)(H,17,18). The maximum atomic E-state index is 10.9. The van der Waals surface area contributed by atoms with Gasteiger partial charge in [-0.2, -0.15) is 0 Å². The highest BCUT2D eigenvalue weighted by atomic mass is 16.1. The molecular weight excluding hydrogens is 270 g/mol. The lowest BCUT2D eigenvalue weighted by Gasteiger charge is -2.00. The molecule has 0 aromatic heterocycles. The Balaban J connectivity index is 1.98. The third-order valence-corrected chi connectivity index (χ3v) is 2.67. The molecule has 21 heavy (non-hydrogen) atoms. The fourth-order valence-corrected chi connectivity index (χ4v) is 1.54. The molecule has 0 saturated carbocycles. The Hall–Kier alpha value is -3.22. The van der Waals surface area contributed by atoms with Crippen molar-refractivity contribution in [2.45, 2.75) is 0 Å². The van der Waals surface area contributed by atoms with Crippen molar-refractivity contribution in [2.75, 3.05) is 5.43 Å². The molecule has 0 bridgehead atoms. The van der Waals surface area contributed by atoms with E-state index in [0.717, 1.165) is 0 Å². The van der Waals surface area contributed by atoms with Gasteiger partial charge in [0.1, 0.15) is 0 Å². The first-order valence-electron chi connectivity index (χ1n) is 6.03. The molecule has 2 aromatic carbocycles. The van der Waals surface area contributed by atoms with E-state index >= 15 is 0 Å². The van der Waals surface area contributed by atoms with Gasteiger partial charge < -0.3 is 11.5 Å². The first kappa shape index (κ1) is 14.2. The van der Waals surface area contributed by atoms with E-state index in [-0.39, 0.29) is 0 Å². The molecule has 0 spiro atoms. The van der Waals surface area contributed by atoms with Gasteiger partial charge in [0.25, 0.3) is 0 Å². The number of primary amides is 2. The second kappa shape index (κ2) is 6.29. The van der Waals surface area contributed by atoms with Gasteiger partial charge >= 0.3 is 0 Å². The van der Waals surface area contributed by atoms with Crippen LogP contribution in [0.2, 0.25) is 0 Å². The third kappa shape index (κ3) is 3.87. The van der Waals surface area contributed by atoms with E-state index < -0.39 is 11.8 Å². The van der Waals surface area contributed by atoms with Crippen LogP contribution in [0, 0.1) is 0 Å². The van der Waals surface area contributed by atoms with E-state index in [1.807, 2.05) is 0 Å². The molecule has 0 saturated heterocycles. The number of nitrogens with one attached hydrogen (secondary N) is 1. The number of nitrogens with zero attached hydrogens (tertiary/aromatic N) is 2. The molecule has 5 N–H and O–H groups in total. The Kier molecular flexibility index (Phi) is 4.25. The Morgan fingerprint density at radius 1 is 0.810 bits per heavy atom. The number of rotatable bonds is 5. The summed E-state index contributed by atoms with van der Waals surface area (Å²) in [4.78, 5) is 21.8. The number of carbonyl (C=O) groups excluding carboxylic acids is 2. The Morgan fingerprint density at radius 3 is 1.76 bits per heavy atom. The third-order valence-electron chi connectivity index (χ3n) is 2.67. The summed E-state index contributed by atoms with van der Waals surface area (Å²) in [5, 5.41) is 7.73. The molecule has 0 heterocycles. The van der Waals surface area contributed by atoms with Crippen molar-refractivity contribution in [3.63, 3.8) is 0 Å². The average Bonchev–Trinajstić information content (AvgIpc) is 2.48. The lowest BCUT2D eigenvalue weighted by Crippen LogP contribution is -2.10. The maximum absolute atomic E-state index is 10.9. The number of hydrogen-bond acceptors (Lipinski definition) is 4. The van der Waals surface area contributed by atoms with Crippen molar-refractivity contribution >= 4 is 23.2 Å². The van der Waals surface area contributed by atoms with Crippen molar-refractivity contribution in [2.24, 2.45) is 21.8 Å². The van der Waals surface area contributed by atoms with Gasteiger partial charge in [-0.25, -0.2) is 0 Å². The smallest absolute Gasteiger partial charge is 0.248 e. The van der Waals surface area contributed by atoms with Crippen LogP contribution in [0.1, 0.15) is 20.7 Å². The van der Waals surface area contributed by atoms with Crippen LogP contribution in [0.4, 0.5) is 11.4 Å². The van der Waals surface area contributed by atoms with Gasteiger partial charge in [0, 0.05) is 11.1 Å². The van der Waals surface area contributed by atoms with Gasteiger partial charge in [-0.05, 0) is 48.5 Å². The van der Waals surface area contributed by atoms with Crippen LogP contribution in [0.5, 0.6) is 0 Å². The number of nitrogens with two attached hydrogens (primary N) is 2. The highest BCUT2D eigenvalue weighted by Gasteiger charge is 2.00. The lowest BCUT2D eigenvalue weighted by atomic mass is 10.2. The van der Waals surface area contributed by atoms with Crippen molar-refractivity contribution < 1.29 is 9.59 Å². The molecule has 7 heteroatoms. The molecule has 0 aliphatic rings. The molecule has 2 amide bonds. The number of benzene rings is 2. The fraction of sp³-hybridized carbons (Fsp3) is 0. The topological polar surface area (TPSA) is 123 Å². The van der Waals surface area contributed by atoms with E-state index in [1.165, 1.54) is 0 Å². The summed E-state index contributed by atoms with van der Waals surface area (Å²) < 4.78 is 0. The molecule has 0 aliphatic heterocycles. The predicted molar refractivity (Wildman–Crippen MR) is 78.1 cm³/mol.